The minimum atomic E-state index is -0.476. The lowest BCUT2D eigenvalue weighted by Gasteiger charge is -1.79. The second-order valence-electron chi connectivity index (χ2n) is 1.75. The van der Waals surface area contributed by atoms with Gasteiger partial charge in [0.25, 0.3) is 0 Å². The maximum atomic E-state index is 10.2. The number of amides is 1. The van der Waals surface area contributed by atoms with Gasteiger partial charge < -0.3 is 10.2 Å². The van der Waals surface area contributed by atoms with Gasteiger partial charge in [-0.05, 0) is 18.2 Å². The quantitative estimate of drug-likeness (QED) is 0.612. The van der Waals surface area contributed by atoms with Crippen LogP contribution in [0.4, 0.5) is 0 Å². The first-order chi connectivity index (χ1) is 4.79. The molecule has 0 saturated carbocycles. The van der Waals surface area contributed by atoms with Crippen molar-refractivity contribution in [1.29, 1.82) is 0 Å². The molecular formula is C7H7NO2. The van der Waals surface area contributed by atoms with Gasteiger partial charge in [-0.2, -0.15) is 0 Å². The fourth-order valence-corrected chi connectivity index (χ4v) is 0.550. The second kappa shape index (κ2) is 2.87. The zero-order valence-corrected chi connectivity index (χ0v) is 5.28. The largest absolute Gasteiger partial charge is 0.465 e. The van der Waals surface area contributed by atoms with E-state index >= 15 is 0 Å². The molecule has 3 nitrogen and oxygen atoms in total. The summed E-state index contributed by atoms with van der Waals surface area (Å²) in [5.41, 5.74) is 4.84. The van der Waals surface area contributed by atoms with Gasteiger partial charge in [0.2, 0.25) is 5.91 Å². The molecule has 0 fully saturated rings. The predicted octanol–water partition coefficient (Wildman–Crippen LogP) is 0.778. The van der Waals surface area contributed by atoms with Crippen LogP contribution in [0.3, 0.4) is 0 Å². The topological polar surface area (TPSA) is 56.2 Å². The van der Waals surface area contributed by atoms with Crippen molar-refractivity contribution in [3.8, 4) is 0 Å². The first-order valence-corrected chi connectivity index (χ1v) is 2.80. The summed E-state index contributed by atoms with van der Waals surface area (Å²) in [7, 11) is 0. The molecule has 1 aromatic rings. The lowest BCUT2D eigenvalue weighted by molar-refractivity contribution is -0.113. The Bertz CT molecular complexity index is 236. The van der Waals surface area contributed by atoms with E-state index in [-0.39, 0.29) is 0 Å². The third-order valence-electron chi connectivity index (χ3n) is 0.955. The predicted molar refractivity (Wildman–Crippen MR) is 36.9 cm³/mol. The van der Waals surface area contributed by atoms with Crippen molar-refractivity contribution in [2.45, 2.75) is 0 Å². The van der Waals surface area contributed by atoms with E-state index in [1.165, 1.54) is 18.4 Å². The zero-order valence-electron chi connectivity index (χ0n) is 5.28. The number of furan rings is 1. The summed E-state index contributed by atoms with van der Waals surface area (Å²) < 4.78 is 4.89. The molecule has 0 spiro atoms. The Morgan fingerprint density at radius 1 is 1.70 bits per heavy atom. The van der Waals surface area contributed by atoms with Crippen LogP contribution in [0.1, 0.15) is 5.76 Å². The Labute approximate surface area is 58.1 Å². The molecular weight excluding hydrogens is 130 g/mol. The molecule has 1 amide bonds. The molecule has 3 heteroatoms. The molecule has 0 aliphatic rings. The average Bonchev–Trinajstić information content (AvgIpc) is 2.34. The van der Waals surface area contributed by atoms with Crippen LogP contribution in [0.5, 0.6) is 0 Å². The van der Waals surface area contributed by atoms with E-state index in [1.807, 2.05) is 0 Å². The zero-order chi connectivity index (χ0) is 7.40. The Morgan fingerprint density at radius 2 is 2.50 bits per heavy atom. The maximum absolute atomic E-state index is 10.2. The number of hydrogen-bond donors (Lipinski definition) is 1. The molecule has 1 rings (SSSR count). The Kier molecular flexibility index (Phi) is 1.89. The molecule has 10 heavy (non-hydrogen) atoms. The third-order valence-corrected chi connectivity index (χ3v) is 0.955. The standard InChI is InChI=1S/C7H7NO2/c8-7(9)4-3-6-2-1-5-10-6/h1-5H,(H2,8,9)/b4-3+. The van der Waals surface area contributed by atoms with Gasteiger partial charge in [-0.1, -0.05) is 0 Å². The first-order valence-electron chi connectivity index (χ1n) is 2.80. The van der Waals surface area contributed by atoms with Crippen LogP contribution in [0.15, 0.2) is 28.9 Å². The lowest BCUT2D eigenvalue weighted by atomic mass is 10.4. The molecule has 0 atom stereocenters. The van der Waals surface area contributed by atoms with Gasteiger partial charge in [0, 0.05) is 6.08 Å². The lowest BCUT2D eigenvalue weighted by Crippen LogP contribution is -2.04. The van der Waals surface area contributed by atoms with E-state index in [2.05, 4.69) is 0 Å². The van der Waals surface area contributed by atoms with E-state index < -0.39 is 5.91 Å². The van der Waals surface area contributed by atoms with Crippen LogP contribution >= 0.6 is 0 Å². The number of carbonyl (C=O) groups is 1. The van der Waals surface area contributed by atoms with Crippen molar-refractivity contribution in [2.75, 3.05) is 0 Å². The van der Waals surface area contributed by atoms with Crippen LogP contribution in [0.25, 0.3) is 6.08 Å². The normalized spacial score (nSPS) is 10.4. The molecule has 1 aromatic heterocycles. The van der Waals surface area contributed by atoms with Crippen LogP contribution in [0.2, 0.25) is 0 Å². The van der Waals surface area contributed by atoms with Gasteiger partial charge in [0.15, 0.2) is 0 Å². The number of nitrogens with two attached hydrogens (primary N) is 1. The summed E-state index contributed by atoms with van der Waals surface area (Å²) in [6, 6.07) is 3.47. The van der Waals surface area contributed by atoms with Gasteiger partial charge >= 0.3 is 0 Å². The first kappa shape index (κ1) is 6.61. The van der Waals surface area contributed by atoms with Crippen molar-refractivity contribution in [1.82, 2.24) is 0 Å². The van der Waals surface area contributed by atoms with E-state index in [0.29, 0.717) is 5.76 Å². The molecule has 1 heterocycles. The van der Waals surface area contributed by atoms with Crippen LogP contribution in [0, 0.1) is 0 Å². The third kappa shape index (κ3) is 1.78. The number of carbonyl (C=O) groups excluding carboxylic acids is 1. The van der Waals surface area contributed by atoms with Gasteiger partial charge in [-0.3, -0.25) is 4.79 Å². The fourth-order valence-electron chi connectivity index (χ4n) is 0.550. The van der Waals surface area contributed by atoms with Crippen LogP contribution in [-0.4, -0.2) is 5.91 Å². The molecule has 52 valence electrons. The summed E-state index contributed by atoms with van der Waals surface area (Å²) >= 11 is 0. The molecule has 2 N–H and O–H groups in total. The highest BCUT2D eigenvalue weighted by Crippen LogP contribution is 2.00. The number of primary amides is 1. The maximum Gasteiger partial charge on any atom is 0.241 e. The van der Waals surface area contributed by atoms with Gasteiger partial charge in [0.1, 0.15) is 5.76 Å². The monoisotopic (exact) mass is 137 g/mol. The minimum Gasteiger partial charge on any atom is -0.465 e. The molecule has 0 saturated heterocycles. The van der Waals surface area contributed by atoms with Gasteiger partial charge in [0.05, 0.1) is 6.26 Å². The van der Waals surface area contributed by atoms with E-state index in [0.717, 1.165) is 0 Å². The molecule has 0 aliphatic carbocycles. The van der Waals surface area contributed by atoms with Gasteiger partial charge in [-0.25, -0.2) is 0 Å². The van der Waals surface area contributed by atoms with Crippen LogP contribution < -0.4 is 5.73 Å². The van der Waals surface area contributed by atoms with E-state index in [9.17, 15) is 4.79 Å². The molecule has 0 unspecified atom stereocenters. The van der Waals surface area contributed by atoms with Crippen molar-refractivity contribution >= 4 is 12.0 Å². The molecule has 0 aromatic carbocycles. The van der Waals surface area contributed by atoms with E-state index in [4.69, 9.17) is 10.2 Å². The Hall–Kier alpha value is -1.51. The second-order valence-corrected chi connectivity index (χ2v) is 1.75. The van der Waals surface area contributed by atoms with Crippen molar-refractivity contribution in [3.05, 3.63) is 30.2 Å². The fraction of sp³-hybridized carbons (Fsp3) is 0. The number of hydrogen-bond acceptors (Lipinski definition) is 2. The Balaban J connectivity index is 2.64. The highest BCUT2D eigenvalue weighted by Gasteiger charge is 1.87. The summed E-state index contributed by atoms with van der Waals surface area (Å²) in [6.45, 7) is 0. The highest BCUT2D eigenvalue weighted by atomic mass is 16.3. The summed E-state index contributed by atoms with van der Waals surface area (Å²) in [5, 5.41) is 0. The highest BCUT2D eigenvalue weighted by molar-refractivity contribution is 5.89. The van der Waals surface area contributed by atoms with Crippen molar-refractivity contribution < 1.29 is 9.21 Å². The SMILES string of the molecule is NC(=O)/C=C/c1ccco1. The molecule has 0 bridgehead atoms. The summed E-state index contributed by atoms with van der Waals surface area (Å²) in [5.74, 6) is 0.148. The summed E-state index contributed by atoms with van der Waals surface area (Å²) in [4.78, 5) is 10.2. The van der Waals surface area contributed by atoms with Crippen molar-refractivity contribution in [2.24, 2.45) is 5.73 Å². The summed E-state index contributed by atoms with van der Waals surface area (Å²) in [6.07, 6.45) is 4.29. The Morgan fingerprint density at radius 3 is 3.00 bits per heavy atom. The smallest absolute Gasteiger partial charge is 0.241 e. The van der Waals surface area contributed by atoms with Crippen molar-refractivity contribution in [3.63, 3.8) is 0 Å². The molecule has 0 radical (unpaired) electrons. The van der Waals surface area contributed by atoms with E-state index in [1.54, 1.807) is 12.1 Å². The van der Waals surface area contributed by atoms with Gasteiger partial charge in [-0.15, -0.1) is 0 Å². The molecule has 0 aliphatic heterocycles. The average molecular weight is 137 g/mol. The minimum absolute atomic E-state index is 0.476. The van der Waals surface area contributed by atoms with Crippen LogP contribution in [-0.2, 0) is 4.79 Å². The number of rotatable bonds is 2.